The minimum Gasteiger partial charge on any atom is -0.388 e. The molecule has 1 aromatic carbocycles. The van der Waals surface area contributed by atoms with E-state index in [0.29, 0.717) is 0 Å². The quantitative estimate of drug-likeness (QED) is 0.737. The van der Waals surface area contributed by atoms with Crippen LogP contribution in [0.15, 0.2) is 42.6 Å². The Bertz CT molecular complexity index is 819. The third-order valence-corrected chi connectivity index (χ3v) is 4.42. The Labute approximate surface area is 123 Å². The van der Waals surface area contributed by atoms with E-state index in [1.165, 1.54) is 11.4 Å². The number of benzene rings is 1. The molecule has 1 unspecified atom stereocenters. The van der Waals surface area contributed by atoms with E-state index < -0.39 is 0 Å². The van der Waals surface area contributed by atoms with Gasteiger partial charge in [-0.2, -0.15) is 0 Å². The number of fused-ring (bicyclic) bond motifs is 2. The van der Waals surface area contributed by atoms with Crippen LogP contribution in [0.4, 0.5) is 0 Å². The molecule has 106 valence electrons. The van der Waals surface area contributed by atoms with Crippen molar-refractivity contribution in [2.45, 2.75) is 32.3 Å². The molecule has 21 heavy (non-hydrogen) atoms. The van der Waals surface area contributed by atoms with Crippen molar-refractivity contribution in [2.24, 2.45) is 0 Å². The van der Waals surface area contributed by atoms with Crippen LogP contribution in [-0.2, 0) is 6.42 Å². The Morgan fingerprint density at radius 3 is 3.05 bits per heavy atom. The second-order valence-corrected chi connectivity index (χ2v) is 5.81. The lowest BCUT2D eigenvalue weighted by Crippen LogP contribution is -2.11. The minimum absolute atomic E-state index is 0.309. The van der Waals surface area contributed by atoms with Crippen LogP contribution in [0.2, 0.25) is 0 Å². The fraction of sp³-hybridized carbons (Fsp3) is 0.278. The summed E-state index contributed by atoms with van der Waals surface area (Å²) in [7, 11) is 0. The second-order valence-electron chi connectivity index (χ2n) is 5.81. The summed E-state index contributed by atoms with van der Waals surface area (Å²) >= 11 is 0. The van der Waals surface area contributed by atoms with Crippen molar-refractivity contribution in [3.63, 3.8) is 0 Å². The van der Waals surface area contributed by atoms with Gasteiger partial charge in [0.2, 0.25) is 0 Å². The Kier molecular flexibility index (Phi) is 2.82. The summed E-state index contributed by atoms with van der Waals surface area (Å²) in [5, 5.41) is 11.3. The number of hydrogen-bond acceptors (Lipinski definition) is 2. The third kappa shape index (κ3) is 1.96. The average molecular weight is 278 g/mol. The lowest BCUT2D eigenvalue weighted by Gasteiger charge is -2.20. The van der Waals surface area contributed by atoms with Gasteiger partial charge in [0.05, 0.1) is 11.6 Å². The molecule has 0 bridgehead atoms. The van der Waals surface area contributed by atoms with Gasteiger partial charge in [-0.3, -0.25) is 4.98 Å². The van der Waals surface area contributed by atoms with Crippen molar-refractivity contribution in [1.29, 1.82) is 0 Å². The SMILES string of the molecule is Cc1cc2c(n1-c1ccc3ncccc3c1)CCCC2O. The molecule has 0 saturated heterocycles. The smallest absolute Gasteiger partial charge is 0.0807 e. The van der Waals surface area contributed by atoms with E-state index in [2.05, 4.69) is 46.8 Å². The zero-order valence-electron chi connectivity index (χ0n) is 12.1. The predicted octanol–water partition coefficient (Wildman–Crippen LogP) is 3.70. The molecule has 0 amide bonds. The molecule has 2 heterocycles. The molecule has 1 N–H and O–H groups in total. The van der Waals surface area contributed by atoms with Gasteiger partial charge in [0.25, 0.3) is 0 Å². The zero-order chi connectivity index (χ0) is 14.4. The second kappa shape index (κ2) is 4.71. The van der Waals surface area contributed by atoms with Crippen LogP contribution in [0, 0.1) is 6.92 Å². The van der Waals surface area contributed by atoms with Crippen LogP contribution < -0.4 is 0 Å². The van der Waals surface area contributed by atoms with E-state index in [4.69, 9.17) is 0 Å². The van der Waals surface area contributed by atoms with Crippen molar-refractivity contribution in [2.75, 3.05) is 0 Å². The van der Waals surface area contributed by atoms with Crippen molar-refractivity contribution >= 4 is 10.9 Å². The number of nitrogens with zero attached hydrogens (tertiary/aromatic N) is 2. The van der Waals surface area contributed by atoms with Crippen molar-refractivity contribution < 1.29 is 5.11 Å². The molecule has 2 aromatic heterocycles. The minimum atomic E-state index is -0.309. The molecule has 0 saturated carbocycles. The molecular weight excluding hydrogens is 260 g/mol. The summed E-state index contributed by atoms with van der Waals surface area (Å²) in [6, 6.07) is 12.5. The maximum Gasteiger partial charge on any atom is 0.0807 e. The summed E-state index contributed by atoms with van der Waals surface area (Å²) in [5.41, 5.74) is 5.71. The van der Waals surface area contributed by atoms with Gasteiger partial charge in [0.1, 0.15) is 0 Å². The van der Waals surface area contributed by atoms with Crippen molar-refractivity contribution in [3.8, 4) is 5.69 Å². The first-order chi connectivity index (χ1) is 10.2. The molecule has 0 radical (unpaired) electrons. The molecule has 4 rings (SSSR count). The first-order valence-corrected chi connectivity index (χ1v) is 7.48. The average Bonchev–Trinajstić information content (AvgIpc) is 2.84. The van der Waals surface area contributed by atoms with Crippen molar-refractivity contribution in [3.05, 3.63) is 59.5 Å². The highest BCUT2D eigenvalue weighted by Gasteiger charge is 2.23. The molecular formula is C18H18N2O. The fourth-order valence-electron chi connectivity index (χ4n) is 3.44. The number of aryl methyl sites for hydroxylation is 1. The first kappa shape index (κ1) is 12.6. The maximum absolute atomic E-state index is 10.2. The molecule has 3 nitrogen and oxygen atoms in total. The summed E-state index contributed by atoms with van der Waals surface area (Å²) in [6.07, 6.45) is 4.47. The topological polar surface area (TPSA) is 38.0 Å². The highest BCUT2D eigenvalue weighted by atomic mass is 16.3. The predicted molar refractivity (Wildman–Crippen MR) is 83.7 cm³/mol. The van der Waals surface area contributed by atoms with Gasteiger partial charge in [-0.25, -0.2) is 0 Å². The summed E-state index contributed by atoms with van der Waals surface area (Å²) in [5.74, 6) is 0. The van der Waals surface area contributed by atoms with E-state index in [9.17, 15) is 5.11 Å². The number of aromatic nitrogens is 2. The van der Waals surface area contributed by atoms with E-state index in [1.807, 2.05) is 12.3 Å². The van der Waals surface area contributed by atoms with Crippen LogP contribution in [0.1, 0.15) is 35.9 Å². The lowest BCUT2D eigenvalue weighted by molar-refractivity contribution is 0.156. The maximum atomic E-state index is 10.2. The van der Waals surface area contributed by atoms with E-state index >= 15 is 0 Å². The van der Waals surface area contributed by atoms with Crippen molar-refractivity contribution in [1.82, 2.24) is 9.55 Å². The van der Waals surface area contributed by atoms with Crippen LogP contribution in [0.5, 0.6) is 0 Å². The van der Waals surface area contributed by atoms with Crippen LogP contribution in [-0.4, -0.2) is 14.7 Å². The van der Waals surface area contributed by atoms with Gasteiger partial charge >= 0.3 is 0 Å². The number of pyridine rings is 1. The number of hydrogen-bond donors (Lipinski definition) is 1. The van der Waals surface area contributed by atoms with E-state index in [1.54, 1.807) is 0 Å². The molecule has 3 heteroatoms. The highest BCUT2D eigenvalue weighted by molar-refractivity contribution is 5.80. The highest BCUT2D eigenvalue weighted by Crippen LogP contribution is 2.34. The summed E-state index contributed by atoms with van der Waals surface area (Å²) < 4.78 is 2.28. The molecule has 3 aromatic rings. The largest absolute Gasteiger partial charge is 0.388 e. The fourth-order valence-corrected chi connectivity index (χ4v) is 3.44. The number of aliphatic hydroxyl groups is 1. The van der Waals surface area contributed by atoms with Gasteiger partial charge in [-0.05, 0) is 56.5 Å². The first-order valence-electron chi connectivity index (χ1n) is 7.48. The Balaban J connectivity index is 1.92. The number of rotatable bonds is 1. The Morgan fingerprint density at radius 2 is 2.14 bits per heavy atom. The summed E-state index contributed by atoms with van der Waals surface area (Å²) in [6.45, 7) is 2.11. The van der Waals surface area contributed by atoms with Gasteiger partial charge in [-0.1, -0.05) is 6.07 Å². The number of aliphatic hydroxyl groups excluding tert-OH is 1. The van der Waals surface area contributed by atoms with Crippen LogP contribution in [0.25, 0.3) is 16.6 Å². The molecule has 1 atom stereocenters. The summed E-state index contributed by atoms with van der Waals surface area (Å²) in [4.78, 5) is 4.38. The Morgan fingerprint density at radius 1 is 1.24 bits per heavy atom. The normalized spacial score (nSPS) is 17.9. The van der Waals surface area contributed by atoms with Gasteiger partial charge in [0, 0.05) is 34.2 Å². The monoisotopic (exact) mass is 278 g/mol. The van der Waals surface area contributed by atoms with Gasteiger partial charge in [0.15, 0.2) is 0 Å². The standard InChI is InChI=1S/C18H18N2O/c1-12-10-15-17(5-2-6-18(15)21)20(12)14-7-8-16-13(11-14)4-3-9-19-16/h3-4,7-11,18,21H,2,5-6H2,1H3. The van der Waals surface area contributed by atoms with Crippen LogP contribution >= 0.6 is 0 Å². The molecule has 1 aliphatic carbocycles. The molecule has 0 fully saturated rings. The van der Waals surface area contributed by atoms with E-state index in [-0.39, 0.29) is 6.10 Å². The van der Waals surface area contributed by atoms with Gasteiger partial charge in [-0.15, -0.1) is 0 Å². The van der Waals surface area contributed by atoms with Crippen LogP contribution in [0.3, 0.4) is 0 Å². The lowest BCUT2D eigenvalue weighted by atomic mass is 9.95. The molecule has 0 spiro atoms. The van der Waals surface area contributed by atoms with Gasteiger partial charge < -0.3 is 9.67 Å². The Hall–Kier alpha value is -2.13. The third-order valence-electron chi connectivity index (χ3n) is 4.42. The molecule has 1 aliphatic rings. The zero-order valence-corrected chi connectivity index (χ0v) is 12.1. The molecule has 0 aliphatic heterocycles. The van der Waals surface area contributed by atoms with E-state index in [0.717, 1.165) is 41.4 Å².